The maximum absolute atomic E-state index is 12.9. The molecule has 0 saturated heterocycles. The Balaban J connectivity index is 1.84. The summed E-state index contributed by atoms with van der Waals surface area (Å²) in [5.74, 6) is 0.851. The zero-order valence-electron chi connectivity index (χ0n) is 8.90. The highest BCUT2D eigenvalue weighted by Gasteiger charge is 2.01. The van der Waals surface area contributed by atoms with E-state index < -0.39 is 0 Å². The maximum Gasteiger partial charge on any atom is 0.230 e. The van der Waals surface area contributed by atoms with Crippen LogP contribution < -0.4 is 5.32 Å². The van der Waals surface area contributed by atoms with Gasteiger partial charge in [0.25, 0.3) is 0 Å². The molecule has 16 heavy (non-hydrogen) atoms. The molecule has 1 aromatic carbocycles. The van der Waals surface area contributed by atoms with Gasteiger partial charge in [-0.25, -0.2) is 4.39 Å². The van der Waals surface area contributed by atoms with Crippen molar-refractivity contribution in [3.8, 4) is 0 Å². The topological polar surface area (TPSA) is 51.0 Å². The first kappa shape index (κ1) is 10.8. The maximum atomic E-state index is 12.9. The van der Waals surface area contributed by atoms with Gasteiger partial charge in [-0.3, -0.25) is 0 Å². The van der Waals surface area contributed by atoms with E-state index in [0.29, 0.717) is 24.9 Å². The molecule has 84 valence electrons. The van der Waals surface area contributed by atoms with Gasteiger partial charge in [0.1, 0.15) is 5.82 Å². The summed E-state index contributed by atoms with van der Waals surface area (Å²) in [5, 5.41) is 10.6. The van der Waals surface area contributed by atoms with Crippen LogP contribution in [0.2, 0.25) is 0 Å². The molecule has 2 rings (SSSR count). The molecule has 5 heteroatoms. The second kappa shape index (κ2) is 4.85. The Kier molecular flexibility index (Phi) is 3.26. The number of halogens is 1. The van der Waals surface area contributed by atoms with Gasteiger partial charge in [0.15, 0.2) is 0 Å². The minimum absolute atomic E-state index is 0.229. The number of aromatic nitrogens is 2. The fourth-order valence-corrected chi connectivity index (χ4v) is 1.37. The molecular formula is C11H12FN3O. The molecule has 2 aromatic rings. The Morgan fingerprint density at radius 2 is 2.19 bits per heavy atom. The average molecular weight is 221 g/mol. The lowest BCUT2D eigenvalue weighted by Crippen LogP contribution is -2.13. The van der Waals surface area contributed by atoms with Crippen molar-refractivity contribution in [1.82, 2.24) is 15.5 Å². The second-order valence-corrected chi connectivity index (χ2v) is 3.45. The third kappa shape index (κ3) is 2.87. The van der Waals surface area contributed by atoms with E-state index in [9.17, 15) is 4.39 Å². The zero-order chi connectivity index (χ0) is 11.4. The molecule has 0 amide bonds. The van der Waals surface area contributed by atoms with Gasteiger partial charge in [0.2, 0.25) is 11.8 Å². The minimum Gasteiger partial charge on any atom is -0.424 e. The Hall–Kier alpha value is -1.75. The van der Waals surface area contributed by atoms with Crippen LogP contribution in [0, 0.1) is 12.7 Å². The van der Waals surface area contributed by atoms with Crippen LogP contribution in [0.3, 0.4) is 0 Å². The normalized spacial score (nSPS) is 10.6. The van der Waals surface area contributed by atoms with E-state index in [2.05, 4.69) is 15.5 Å². The van der Waals surface area contributed by atoms with Crippen molar-refractivity contribution in [1.29, 1.82) is 0 Å². The van der Waals surface area contributed by atoms with Crippen molar-refractivity contribution in [3.05, 3.63) is 47.4 Å². The molecule has 0 radical (unpaired) electrons. The molecule has 0 bridgehead atoms. The van der Waals surface area contributed by atoms with Crippen molar-refractivity contribution in [2.24, 2.45) is 0 Å². The molecule has 0 aliphatic rings. The fourth-order valence-electron chi connectivity index (χ4n) is 1.37. The van der Waals surface area contributed by atoms with Gasteiger partial charge in [-0.2, -0.15) is 0 Å². The highest BCUT2D eigenvalue weighted by atomic mass is 19.1. The standard InChI is InChI=1S/C11H12FN3O/c1-8-14-15-11(16-8)7-13-6-9-3-2-4-10(12)5-9/h2-5,13H,6-7H2,1H3. The Bertz CT molecular complexity index is 470. The van der Waals surface area contributed by atoms with Crippen molar-refractivity contribution in [3.63, 3.8) is 0 Å². The van der Waals surface area contributed by atoms with Crippen LogP contribution in [0.5, 0.6) is 0 Å². The number of hydrogen-bond acceptors (Lipinski definition) is 4. The summed E-state index contributed by atoms with van der Waals surface area (Å²) in [6.45, 7) is 2.79. The van der Waals surface area contributed by atoms with Crippen LogP contribution in [-0.4, -0.2) is 10.2 Å². The van der Waals surface area contributed by atoms with Crippen molar-refractivity contribution >= 4 is 0 Å². The SMILES string of the molecule is Cc1nnc(CNCc2cccc(F)c2)o1. The van der Waals surface area contributed by atoms with E-state index in [1.807, 2.05) is 6.07 Å². The summed E-state index contributed by atoms with van der Waals surface area (Å²) in [6.07, 6.45) is 0. The van der Waals surface area contributed by atoms with E-state index in [0.717, 1.165) is 5.56 Å². The summed E-state index contributed by atoms with van der Waals surface area (Å²) in [5.41, 5.74) is 0.885. The van der Waals surface area contributed by atoms with Gasteiger partial charge >= 0.3 is 0 Å². The van der Waals surface area contributed by atoms with Crippen LogP contribution in [0.4, 0.5) is 4.39 Å². The highest BCUT2D eigenvalue weighted by Crippen LogP contribution is 2.03. The van der Waals surface area contributed by atoms with Gasteiger partial charge in [0.05, 0.1) is 6.54 Å². The monoisotopic (exact) mass is 221 g/mol. The third-order valence-electron chi connectivity index (χ3n) is 2.06. The number of hydrogen-bond donors (Lipinski definition) is 1. The minimum atomic E-state index is -0.229. The summed E-state index contributed by atoms with van der Waals surface area (Å²) in [7, 11) is 0. The largest absolute Gasteiger partial charge is 0.424 e. The van der Waals surface area contributed by atoms with Gasteiger partial charge in [0, 0.05) is 13.5 Å². The number of aryl methyl sites for hydroxylation is 1. The second-order valence-electron chi connectivity index (χ2n) is 3.45. The molecule has 1 N–H and O–H groups in total. The molecule has 0 aliphatic heterocycles. The molecule has 1 heterocycles. The molecule has 0 saturated carbocycles. The first-order chi connectivity index (χ1) is 7.74. The van der Waals surface area contributed by atoms with Gasteiger partial charge < -0.3 is 9.73 Å². The molecule has 0 unspecified atom stereocenters. The average Bonchev–Trinajstić information content (AvgIpc) is 2.64. The number of benzene rings is 1. The van der Waals surface area contributed by atoms with Crippen molar-refractivity contribution < 1.29 is 8.81 Å². The zero-order valence-corrected chi connectivity index (χ0v) is 8.90. The van der Waals surface area contributed by atoms with E-state index in [1.54, 1.807) is 13.0 Å². The molecule has 0 spiro atoms. The highest BCUT2D eigenvalue weighted by molar-refractivity contribution is 5.15. The third-order valence-corrected chi connectivity index (χ3v) is 2.06. The lowest BCUT2D eigenvalue weighted by Gasteiger charge is -2.01. The molecule has 1 aromatic heterocycles. The van der Waals surface area contributed by atoms with Gasteiger partial charge in [-0.05, 0) is 17.7 Å². The molecule has 0 fully saturated rings. The van der Waals surface area contributed by atoms with E-state index in [-0.39, 0.29) is 5.82 Å². The predicted octanol–water partition coefficient (Wildman–Crippen LogP) is 1.81. The quantitative estimate of drug-likeness (QED) is 0.855. The fraction of sp³-hybridized carbons (Fsp3) is 0.273. The molecular weight excluding hydrogens is 209 g/mol. The van der Waals surface area contributed by atoms with Gasteiger partial charge in [-0.1, -0.05) is 12.1 Å². The van der Waals surface area contributed by atoms with Gasteiger partial charge in [-0.15, -0.1) is 10.2 Å². The van der Waals surface area contributed by atoms with E-state index in [1.165, 1.54) is 12.1 Å². The summed E-state index contributed by atoms with van der Waals surface area (Å²) in [6, 6.07) is 6.45. The van der Waals surface area contributed by atoms with E-state index in [4.69, 9.17) is 4.42 Å². The first-order valence-electron chi connectivity index (χ1n) is 4.98. The Labute approximate surface area is 92.5 Å². The lowest BCUT2D eigenvalue weighted by atomic mass is 10.2. The number of nitrogens with zero attached hydrogens (tertiary/aromatic N) is 2. The van der Waals surface area contributed by atoms with Crippen LogP contribution in [0.15, 0.2) is 28.7 Å². The summed E-state index contributed by atoms with van der Waals surface area (Å²) < 4.78 is 18.0. The number of nitrogens with one attached hydrogen (secondary N) is 1. The molecule has 0 atom stereocenters. The Morgan fingerprint density at radius 1 is 1.31 bits per heavy atom. The van der Waals surface area contributed by atoms with Crippen molar-refractivity contribution in [2.45, 2.75) is 20.0 Å². The summed E-state index contributed by atoms with van der Waals surface area (Å²) in [4.78, 5) is 0. The number of rotatable bonds is 4. The van der Waals surface area contributed by atoms with Crippen LogP contribution >= 0.6 is 0 Å². The van der Waals surface area contributed by atoms with Crippen LogP contribution in [-0.2, 0) is 13.1 Å². The van der Waals surface area contributed by atoms with Crippen LogP contribution in [0.1, 0.15) is 17.3 Å². The molecule has 0 aliphatic carbocycles. The Morgan fingerprint density at radius 3 is 2.88 bits per heavy atom. The van der Waals surface area contributed by atoms with Crippen LogP contribution in [0.25, 0.3) is 0 Å². The smallest absolute Gasteiger partial charge is 0.230 e. The molecule has 4 nitrogen and oxygen atoms in total. The van der Waals surface area contributed by atoms with E-state index >= 15 is 0 Å². The lowest BCUT2D eigenvalue weighted by molar-refractivity contribution is 0.446. The first-order valence-corrected chi connectivity index (χ1v) is 4.98. The predicted molar refractivity (Wildman–Crippen MR) is 56.0 cm³/mol. The van der Waals surface area contributed by atoms with Crippen molar-refractivity contribution in [2.75, 3.05) is 0 Å². The summed E-state index contributed by atoms with van der Waals surface area (Å²) >= 11 is 0.